The van der Waals surface area contributed by atoms with Crippen molar-refractivity contribution in [2.24, 2.45) is 0 Å². The van der Waals surface area contributed by atoms with Gasteiger partial charge in [0, 0.05) is 12.3 Å². The molecule has 5 nitrogen and oxygen atoms in total. The van der Waals surface area contributed by atoms with E-state index < -0.39 is 0 Å². The lowest BCUT2D eigenvalue weighted by Crippen LogP contribution is -1.99. The first-order valence-electron chi connectivity index (χ1n) is 3.47. The van der Waals surface area contributed by atoms with Gasteiger partial charge in [0.05, 0.1) is 6.61 Å². The van der Waals surface area contributed by atoms with Gasteiger partial charge in [-0.1, -0.05) is 0 Å². The Hall–Kier alpha value is -1.83. The van der Waals surface area contributed by atoms with Gasteiger partial charge in [-0.3, -0.25) is 5.32 Å². The van der Waals surface area contributed by atoms with Crippen molar-refractivity contribution in [3.8, 4) is 12.1 Å². The van der Waals surface area contributed by atoms with Crippen molar-refractivity contribution >= 4 is 5.95 Å². The third-order valence-electron chi connectivity index (χ3n) is 1.09. The van der Waals surface area contributed by atoms with E-state index in [1.807, 2.05) is 6.92 Å². The van der Waals surface area contributed by atoms with Crippen LogP contribution in [0.25, 0.3) is 0 Å². The molecule has 0 aliphatic carbocycles. The minimum Gasteiger partial charge on any atom is -0.478 e. The first kappa shape index (κ1) is 8.27. The van der Waals surface area contributed by atoms with Crippen molar-refractivity contribution < 1.29 is 4.74 Å². The minimum atomic E-state index is 0.253. The summed E-state index contributed by atoms with van der Waals surface area (Å²) >= 11 is 0. The zero-order chi connectivity index (χ0) is 8.81. The third kappa shape index (κ3) is 2.09. The van der Waals surface area contributed by atoms with Crippen LogP contribution in [0.15, 0.2) is 12.3 Å². The van der Waals surface area contributed by atoms with E-state index in [2.05, 4.69) is 15.3 Å². The molecule has 0 amide bonds. The fourth-order valence-corrected chi connectivity index (χ4v) is 0.681. The van der Waals surface area contributed by atoms with Crippen molar-refractivity contribution in [1.82, 2.24) is 9.97 Å². The van der Waals surface area contributed by atoms with Crippen LogP contribution in [0.3, 0.4) is 0 Å². The molecular formula is C7H8N4O. The van der Waals surface area contributed by atoms with Gasteiger partial charge in [0.2, 0.25) is 11.8 Å². The zero-order valence-corrected chi connectivity index (χ0v) is 6.61. The molecule has 0 saturated carbocycles. The molecule has 0 radical (unpaired) electrons. The topological polar surface area (TPSA) is 70.8 Å². The highest BCUT2D eigenvalue weighted by Crippen LogP contribution is 2.06. The number of ether oxygens (including phenoxy) is 1. The Labute approximate surface area is 70.0 Å². The predicted molar refractivity (Wildman–Crippen MR) is 42.4 cm³/mol. The number of anilines is 1. The van der Waals surface area contributed by atoms with Crippen LogP contribution >= 0.6 is 0 Å². The van der Waals surface area contributed by atoms with Gasteiger partial charge in [0.25, 0.3) is 0 Å². The zero-order valence-electron chi connectivity index (χ0n) is 6.61. The quantitative estimate of drug-likeness (QED) is 0.527. The molecule has 1 aromatic heterocycles. The fourth-order valence-electron chi connectivity index (χ4n) is 0.681. The van der Waals surface area contributed by atoms with E-state index in [9.17, 15) is 0 Å². The molecule has 5 heteroatoms. The summed E-state index contributed by atoms with van der Waals surface area (Å²) in [6.07, 6.45) is 3.25. The lowest BCUT2D eigenvalue weighted by molar-refractivity contribution is 0.327. The van der Waals surface area contributed by atoms with Crippen LogP contribution in [-0.4, -0.2) is 16.6 Å². The second-order valence-electron chi connectivity index (χ2n) is 1.89. The molecule has 1 rings (SSSR count). The second kappa shape index (κ2) is 4.13. The molecule has 12 heavy (non-hydrogen) atoms. The summed E-state index contributed by atoms with van der Waals surface area (Å²) in [5.74, 6) is 0.716. The number of rotatable bonds is 3. The van der Waals surface area contributed by atoms with Gasteiger partial charge >= 0.3 is 0 Å². The fraction of sp³-hybridized carbons (Fsp3) is 0.286. The molecular weight excluding hydrogens is 156 g/mol. The molecule has 0 spiro atoms. The minimum absolute atomic E-state index is 0.253. The maximum atomic E-state index is 8.26. The summed E-state index contributed by atoms with van der Waals surface area (Å²) in [4.78, 5) is 7.67. The van der Waals surface area contributed by atoms with Crippen LogP contribution < -0.4 is 10.1 Å². The van der Waals surface area contributed by atoms with Crippen molar-refractivity contribution in [3.63, 3.8) is 0 Å². The Kier molecular flexibility index (Phi) is 2.85. The standard InChI is InChI=1S/C7H8N4O/c1-2-12-6-3-4-9-7(11-6)10-5-8/h3-4H,2H2,1H3,(H,9,10,11). The average Bonchev–Trinajstić information content (AvgIpc) is 2.06. The average molecular weight is 164 g/mol. The van der Waals surface area contributed by atoms with Gasteiger partial charge in [-0.25, -0.2) is 4.98 Å². The molecule has 0 aliphatic rings. The molecule has 0 bridgehead atoms. The number of nitriles is 1. The van der Waals surface area contributed by atoms with E-state index in [1.54, 1.807) is 12.3 Å². The highest BCUT2D eigenvalue weighted by Gasteiger charge is 1.96. The molecule has 0 fully saturated rings. The van der Waals surface area contributed by atoms with Crippen LogP contribution in [0.1, 0.15) is 6.92 Å². The Morgan fingerprint density at radius 2 is 2.58 bits per heavy atom. The summed E-state index contributed by atoms with van der Waals surface area (Å²) in [5, 5.41) is 10.6. The highest BCUT2D eigenvalue weighted by molar-refractivity contribution is 5.31. The largest absolute Gasteiger partial charge is 0.478 e. The van der Waals surface area contributed by atoms with E-state index in [0.717, 1.165) is 0 Å². The van der Waals surface area contributed by atoms with Gasteiger partial charge in [-0.2, -0.15) is 10.2 Å². The van der Waals surface area contributed by atoms with E-state index in [4.69, 9.17) is 10.00 Å². The molecule has 62 valence electrons. The van der Waals surface area contributed by atoms with Crippen LogP contribution in [0.2, 0.25) is 0 Å². The van der Waals surface area contributed by atoms with Crippen LogP contribution in [-0.2, 0) is 0 Å². The van der Waals surface area contributed by atoms with E-state index in [0.29, 0.717) is 12.5 Å². The highest BCUT2D eigenvalue weighted by atomic mass is 16.5. The van der Waals surface area contributed by atoms with Crippen LogP contribution in [0.4, 0.5) is 5.95 Å². The number of nitrogens with one attached hydrogen (secondary N) is 1. The number of nitrogens with zero attached hydrogens (tertiary/aromatic N) is 3. The van der Waals surface area contributed by atoms with Gasteiger partial charge in [-0.05, 0) is 6.92 Å². The molecule has 0 unspecified atom stereocenters. The Bertz CT molecular complexity index is 294. The van der Waals surface area contributed by atoms with Gasteiger partial charge in [-0.15, -0.1) is 0 Å². The van der Waals surface area contributed by atoms with Gasteiger partial charge in [0.1, 0.15) is 0 Å². The second-order valence-corrected chi connectivity index (χ2v) is 1.89. The third-order valence-corrected chi connectivity index (χ3v) is 1.09. The lowest BCUT2D eigenvalue weighted by atomic mass is 10.6. The summed E-state index contributed by atoms with van der Waals surface area (Å²) in [5.41, 5.74) is 0. The SMILES string of the molecule is CCOc1ccnc(NC#N)n1. The Morgan fingerprint density at radius 1 is 1.75 bits per heavy atom. The predicted octanol–water partition coefficient (Wildman–Crippen LogP) is 0.768. The molecule has 1 N–H and O–H groups in total. The lowest BCUT2D eigenvalue weighted by Gasteiger charge is -2.01. The molecule has 1 heterocycles. The Morgan fingerprint density at radius 3 is 3.25 bits per heavy atom. The van der Waals surface area contributed by atoms with E-state index in [-0.39, 0.29) is 5.95 Å². The molecule has 1 aromatic rings. The smallest absolute Gasteiger partial charge is 0.239 e. The number of hydrogen-bond acceptors (Lipinski definition) is 5. The summed E-state index contributed by atoms with van der Waals surface area (Å²) < 4.78 is 5.09. The summed E-state index contributed by atoms with van der Waals surface area (Å²) in [6.45, 7) is 2.41. The first-order chi connectivity index (χ1) is 5.86. The van der Waals surface area contributed by atoms with Crippen molar-refractivity contribution in [2.75, 3.05) is 11.9 Å². The normalized spacial score (nSPS) is 8.67. The van der Waals surface area contributed by atoms with Crippen LogP contribution in [0, 0.1) is 11.5 Å². The van der Waals surface area contributed by atoms with E-state index in [1.165, 1.54) is 6.20 Å². The monoisotopic (exact) mass is 164 g/mol. The van der Waals surface area contributed by atoms with Crippen LogP contribution in [0.5, 0.6) is 5.88 Å². The maximum Gasteiger partial charge on any atom is 0.239 e. The number of aromatic nitrogens is 2. The first-order valence-corrected chi connectivity index (χ1v) is 3.47. The maximum absolute atomic E-state index is 8.26. The van der Waals surface area contributed by atoms with Crippen molar-refractivity contribution in [3.05, 3.63) is 12.3 Å². The molecule has 0 aromatic carbocycles. The van der Waals surface area contributed by atoms with Gasteiger partial charge in [0.15, 0.2) is 6.19 Å². The van der Waals surface area contributed by atoms with E-state index >= 15 is 0 Å². The van der Waals surface area contributed by atoms with Crippen molar-refractivity contribution in [2.45, 2.75) is 6.92 Å². The molecule has 0 saturated heterocycles. The Balaban J connectivity index is 2.75. The molecule has 0 aliphatic heterocycles. The van der Waals surface area contributed by atoms with Gasteiger partial charge < -0.3 is 4.74 Å². The number of hydrogen-bond donors (Lipinski definition) is 1. The summed E-state index contributed by atoms with van der Waals surface area (Å²) in [6, 6.07) is 1.63. The summed E-state index contributed by atoms with van der Waals surface area (Å²) in [7, 11) is 0. The van der Waals surface area contributed by atoms with Crippen molar-refractivity contribution in [1.29, 1.82) is 5.26 Å². The molecule has 0 atom stereocenters.